The molecule has 0 saturated heterocycles. The molecule has 19 heavy (non-hydrogen) atoms. The van der Waals surface area contributed by atoms with Gasteiger partial charge >= 0.3 is 0 Å². The van der Waals surface area contributed by atoms with E-state index < -0.39 is 6.10 Å². The number of halogens is 1. The van der Waals surface area contributed by atoms with Gasteiger partial charge < -0.3 is 20.3 Å². The topological polar surface area (TPSA) is 61.7 Å². The molecule has 0 saturated carbocycles. The Hall–Kier alpha value is -0.620. The van der Waals surface area contributed by atoms with Crippen molar-refractivity contribution in [3.63, 3.8) is 0 Å². The molecule has 0 aliphatic heterocycles. The molecule has 0 aliphatic carbocycles. The second-order valence-corrected chi connectivity index (χ2v) is 5.84. The fourth-order valence-corrected chi connectivity index (χ4v) is 1.97. The molecule has 1 atom stereocenters. The van der Waals surface area contributed by atoms with Crippen LogP contribution in [0.2, 0.25) is 0 Å². The molecule has 0 aliphatic rings. The molecule has 0 aromatic heterocycles. The average Bonchev–Trinajstić information content (AvgIpc) is 2.37. The third-order valence-electron chi connectivity index (χ3n) is 2.53. The Morgan fingerprint density at radius 2 is 2.11 bits per heavy atom. The lowest BCUT2D eigenvalue weighted by atomic mass is 10.2. The normalized spacial score (nSPS) is 12.7. The van der Waals surface area contributed by atoms with Crippen molar-refractivity contribution in [2.45, 2.75) is 26.5 Å². The van der Waals surface area contributed by atoms with Gasteiger partial charge in [-0.1, -0.05) is 29.8 Å². The lowest BCUT2D eigenvalue weighted by molar-refractivity contribution is 0.0532. The van der Waals surface area contributed by atoms with Crippen molar-refractivity contribution in [3.05, 3.63) is 28.2 Å². The molecule has 0 radical (unpaired) electrons. The van der Waals surface area contributed by atoms with E-state index in [4.69, 9.17) is 9.84 Å². The van der Waals surface area contributed by atoms with Crippen LogP contribution >= 0.6 is 15.9 Å². The third kappa shape index (κ3) is 6.38. The van der Waals surface area contributed by atoms with Crippen molar-refractivity contribution in [1.29, 1.82) is 0 Å². The number of rotatable bonds is 8. The molecule has 108 valence electrons. The van der Waals surface area contributed by atoms with Crippen molar-refractivity contribution in [3.8, 4) is 5.75 Å². The zero-order valence-electron chi connectivity index (χ0n) is 11.4. The lowest BCUT2D eigenvalue weighted by Crippen LogP contribution is -2.23. The first-order chi connectivity index (χ1) is 9.02. The summed E-state index contributed by atoms with van der Waals surface area (Å²) in [4.78, 5) is 0. The van der Waals surface area contributed by atoms with Crippen LogP contribution in [-0.2, 0) is 6.54 Å². The summed E-state index contributed by atoms with van der Waals surface area (Å²) in [5.74, 6) is 1.32. The molecular formula is C14H22BrNO3. The smallest absolute Gasteiger partial charge is 0.124 e. The Bertz CT molecular complexity index is 385. The summed E-state index contributed by atoms with van der Waals surface area (Å²) in [5, 5.41) is 21.5. The maximum atomic E-state index is 9.31. The Kier molecular flexibility index (Phi) is 7.38. The molecule has 1 unspecified atom stereocenters. The number of aliphatic hydroxyl groups excluding tert-OH is 2. The average molecular weight is 332 g/mol. The maximum absolute atomic E-state index is 9.31. The van der Waals surface area contributed by atoms with E-state index in [2.05, 4.69) is 35.1 Å². The molecule has 4 nitrogen and oxygen atoms in total. The highest BCUT2D eigenvalue weighted by Gasteiger charge is 2.08. The quantitative estimate of drug-likeness (QED) is 0.681. The zero-order valence-corrected chi connectivity index (χ0v) is 13.0. The van der Waals surface area contributed by atoms with E-state index in [0.29, 0.717) is 12.5 Å². The van der Waals surface area contributed by atoms with Gasteiger partial charge in [-0.15, -0.1) is 0 Å². The van der Waals surface area contributed by atoms with E-state index in [-0.39, 0.29) is 13.2 Å². The van der Waals surface area contributed by atoms with Crippen LogP contribution in [-0.4, -0.2) is 36.1 Å². The van der Waals surface area contributed by atoms with Crippen molar-refractivity contribution in [1.82, 2.24) is 5.32 Å². The largest absolute Gasteiger partial charge is 0.490 e. The number of benzene rings is 1. The van der Waals surface area contributed by atoms with Gasteiger partial charge in [-0.3, -0.25) is 0 Å². The van der Waals surface area contributed by atoms with Gasteiger partial charge in [0.15, 0.2) is 0 Å². The second kappa shape index (κ2) is 8.53. The highest BCUT2D eigenvalue weighted by molar-refractivity contribution is 9.10. The number of nitrogens with one attached hydrogen (secondary N) is 1. The van der Waals surface area contributed by atoms with Gasteiger partial charge in [0.05, 0.1) is 6.61 Å². The first-order valence-corrected chi connectivity index (χ1v) is 7.23. The third-order valence-corrected chi connectivity index (χ3v) is 3.03. The number of hydrogen-bond acceptors (Lipinski definition) is 4. The standard InChI is InChI=1S/C14H22BrNO3/c1-10(2)6-16-7-11-5-12(15)3-4-14(11)19-9-13(18)8-17/h3-5,10,13,16-18H,6-9H2,1-2H3. The highest BCUT2D eigenvalue weighted by atomic mass is 79.9. The van der Waals surface area contributed by atoms with Crippen LogP contribution in [0.3, 0.4) is 0 Å². The molecule has 0 spiro atoms. The van der Waals surface area contributed by atoms with Crippen LogP contribution in [0, 0.1) is 5.92 Å². The highest BCUT2D eigenvalue weighted by Crippen LogP contribution is 2.23. The predicted molar refractivity (Wildman–Crippen MR) is 79.3 cm³/mol. The summed E-state index contributed by atoms with van der Waals surface area (Å²) >= 11 is 3.44. The van der Waals surface area contributed by atoms with E-state index >= 15 is 0 Å². The summed E-state index contributed by atoms with van der Waals surface area (Å²) in [6.45, 7) is 5.76. The van der Waals surface area contributed by atoms with Crippen LogP contribution in [0.4, 0.5) is 0 Å². The summed E-state index contributed by atoms with van der Waals surface area (Å²) in [6.07, 6.45) is -0.847. The molecule has 1 aromatic carbocycles. The summed E-state index contributed by atoms with van der Waals surface area (Å²) < 4.78 is 6.52. The Morgan fingerprint density at radius 3 is 2.74 bits per heavy atom. The van der Waals surface area contributed by atoms with E-state index in [1.165, 1.54) is 0 Å². The van der Waals surface area contributed by atoms with Crippen LogP contribution in [0.5, 0.6) is 5.75 Å². The molecule has 0 bridgehead atoms. The minimum atomic E-state index is -0.847. The molecular weight excluding hydrogens is 310 g/mol. The van der Waals surface area contributed by atoms with Gasteiger partial charge in [0.2, 0.25) is 0 Å². The Balaban J connectivity index is 2.63. The zero-order chi connectivity index (χ0) is 14.3. The number of ether oxygens (including phenoxy) is 1. The molecule has 0 amide bonds. The number of hydrogen-bond donors (Lipinski definition) is 3. The first-order valence-electron chi connectivity index (χ1n) is 6.43. The van der Waals surface area contributed by atoms with Crippen molar-refractivity contribution < 1.29 is 14.9 Å². The fraction of sp³-hybridized carbons (Fsp3) is 0.571. The molecule has 3 N–H and O–H groups in total. The van der Waals surface area contributed by atoms with E-state index in [9.17, 15) is 5.11 Å². The Labute approximate surface area is 122 Å². The minimum Gasteiger partial charge on any atom is -0.490 e. The molecule has 5 heteroatoms. The SMILES string of the molecule is CC(C)CNCc1cc(Br)ccc1OCC(O)CO. The second-order valence-electron chi connectivity index (χ2n) is 4.92. The van der Waals surface area contributed by atoms with Gasteiger partial charge in [-0.05, 0) is 30.7 Å². The van der Waals surface area contributed by atoms with Crippen LogP contribution < -0.4 is 10.1 Å². The summed E-state index contributed by atoms with van der Waals surface area (Å²) in [7, 11) is 0. The fourth-order valence-electron chi connectivity index (χ4n) is 1.56. The predicted octanol–water partition coefficient (Wildman–Crippen LogP) is 1.93. The molecule has 0 fully saturated rings. The van der Waals surface area contributed by atoms with Crippen molar-refractivity contribution in [2.24, 2.45) is 5.92 Å². The monoisotopic (exact) mass is 331 g/mol. The van der Waals surface area contributed by atoms with Gasteiger partial charge in [-0.2, -0.15) is 0 Å². The minimum absolute atomic E-state index is 0.0926. The van der Waals surface area contributed by atoms with Gasteiger partial charge in [0, 0.05) is 16.6 Å². The number of aliphatic hydroxyl groups is 2. The maximum Gasteiger partial charge on any atom is 0.124 e. The van der Waals surface area contributed by atoms with E-state index in [1.807, 2.05) is 18.2 Å². The Morgan fingerprint density at radius 1 is 1.37 bits per heavy atom. The van der Waals surface area contributed by atoms with Gasteiger partial charge in [0.25, 0.3) is 0 Å². The summed E-state index contributed by atoms with van der Waals surface area (Å²) in [5.41, 5.74) is 1.03. The first kappa shape index (κ1) is 16.4. The van der Waals surface area contributed by atoms with Crippen molar-refractivity contribution in [2.75, 3.05) is 19.8 Å². The van der Waals surface area contributed by atoms with Crippen LogP contribution in [0.25, 0.3) is 0 Å². The van der Waals surface area contributed by atoms with E-state index in [1.54, 1.807) is 0 Å². The molecule has 1 aromatic rings. The lowest BCUT2D eigenvalue weighted by Gasteiger charge is -2.15. The van der Waals surface area contributed by atoms with Crippen LogP contribution in [0.1, 0.15) is 19.4 Å². The van der Waals surface area contributed by atoms with Gasteiger partial charge in [-0.25, -0.2) is 0 Å². The van der Waals surface area contributed by atoms with Gasteiger partial charge in [0.1, 0.15) is 18.5 Å². The van der Waals surface area contributed by atoms with Crippen molar-refractivity contribution >= 4 is 15.9 Å². The van der Waals surface area contributed by atoms with Crippen LogP contribution in [0.15, 0.2) is 22.7 Å². The van der Waals surface area contributed by atoms with E-state index in [0.717, 1.165) is 22.3 Å². The summed E-state index contributed by atoms with van der Waals surface area (Å²) in [6, 6.07) is 5.75. The molecule has 0 heterocycles. The molecule has 1 rings (SSSR count).